The van der Waals surface area contributed by atoms with E-state index in [0.717, 1.165) is 24.4 Å². The minimum atomic E-state index is -4.75. The fraction of sp³-hybridized carbons (Fsp3) is 0.333. The third-order valence-electron chi connectivity index (χ3n) is 5.65. The van der Waals surface area contributed by atoms with Crippen LogP contribution < -0.4 is 10.2 Å². The molecule has 4 aromatic rings. The van der Waals surface area contributed by atoms with Gasteiger partial charge in [0.2, 0.25) is 0 Å². The van der Waals surface area contributed by atoms with E-state index in [2.05, 4.69) is 35.5 Å². The van der Waals surface area contributed by atoms with Crippen molar-refractivity contribution in [3.63, 3.8) is 0 Å². The summed E-state index contributed by atoms with van der Waals surface area (Å²) in [6, 6.07) is 4.43. The first-order valence-electron chi connectivity index (χ1n) is 11.6. The molecule has 0 fully saturated rings. The number of hydrogen-bond acceptors (Lipinski definition) is 9. The third-order valence-corrected chi connectivity index (χ3v) is 5.65. The second-order valence-corrected chi connectivity index (χ2v) is 8.69. The van der Waals surface area contributed by atoms with E-state index in [1.165, 1.54) is 12.3 Å². The number of aromatic nitrogens is 6. The molecule has 0 unspecified atom stereocenters. The van der Waals surface area contributed by atoms with Crippen molar-refractivity contribution in [3.05, 3.63) is 54.0 Å². The van der Waals surface area contributed by atoms with Crippen LogP contribution in [0.4, 0.5) is 43.7 Å². The van der Waals surface area contributed by atoms with Gasteiger partial charge in [0.1, 0.15) is 22.7 Å². The quantitative estimate of drug-likeness (QED) is 0.302. The highest BCUT2D eigenvalue weighted by molar-refractivity contribution is 5.87. The van der Waals surface area contributed by atoms with E-state index >= 15 is 0 Å². The second-order valence-electron chi connectivity index (χ2n) is 8.69. The molecule has 15 heteroatoms. The molecule has 0 aliphatic heterocycles. The molecular weight excluding hydrogens is 528 g/mol. The molecule has 0 bridgehead atoms. The lowest BCUT2D eigenvalue weighted by molar-refractivity contribution is -0.138. The third kappa shape index (κ3) is 6.47. The van der Waals surface area contributed by atoms with Gasteiger partial charge in [-0.2, -0.15) is 26.3 Å². The largest absolute Gasteiger partial charge is 0.418 e. The number of anilines is 3. The molecule has 0 aliphatic carbocycles. The summed E-state index contributed by atoms with van der Waals surface area (Å²) in [7, 11) is 3.72. The molecule has 0 saturated carbocycles. The van der Waals surface area contributed by atoms with Crippen LogP contribution in [0.15, 0.2) is 42.9 Å². The predicted molar refractivity (Wildman–Crippen MR) is 132 cm³/mol. The Morgan fingerprint density at radius 2 is 1.64 bits per heavy atom. The maximum atomic E-state index is 14.1. The molecule has 0 aromatic carbocycles. The van der Waals surface area contributed by atoms with Crippen LogP contribution >= 0.6 is 0 Å². The van der Waals surface area contributed by atoms with Gasteiger partial charge in [0, 0.05) is 32.0 Å². The van der Waals surface area contributed by atoms with E-state index in [1.54, 1.807) is 4.90 Å². The van der Waals surface area contributed by atoms with Crippen LogP contribution in [0.25, 0.3) is 22.6 Å². The molecule has 206 valence electrons. The molecule has 0 radical (unpaired) electrons. The van der Waals surface area contributed by atoms with Crippen LogP contribution in [0, 0.1) is 0 Å². The molecule has 39 heavy (non-hydrogen) atoms. The number of pyridine rings is 2. The summed E-state index contributed by atoms with van der Waals surface area (Å²) in [5.41, 5.74) is -2.18. The van der Waals surface area contributed by atoms with Crippen LogP contribution in [0.5, 0.6) is 0 Å². The van der Waals surface area contributed by atoms with E-state index < -0.39 is 29.2 Å². The number of likely N-dealkylation sites (N-methyl/N-ethyl adjacent to an activating group) is 2. The van der Waals surface area contributed by atoms with Gasteiger partial charge in [-0.05, 0) is 45.3 Å². The molecule has 0 atom stereocenters. The zero-order valence-electron chi connectivity index (χ0n) is 21.0. The van der Waals surface area contributed by atoms with Crippen LogP contribution in [0.3, 0.4) is 0 Å². The Labute approximate surface area is 218 Å². The van der Waals surface area contributed by atoms with Gasteiger partial charge in [0.05, 0.1) is 23.0 Å². The van der Waals surface area contributed by atoms with E-state index in [-0.39, 0.29) is 28.5 Å². The molecule has 9 nitrogen and oxygen atoms in total. The number of halogens is 6. The Hall–Kier alpha value is -4.14. The first-order chi connectivity index (χ1) is 18.4. The maximum Gasteiger partial charge on any atom is 0.418 e. The van der Waals surface area contributed by atoms with Crippen LogP contribution in [0.2, 0.25) is 0 Å². The minimum absolute atomic E-state index is 0.00965. The van der Waals surface area contributed by atoms with Gasteiger partial charge in [0.25, 0.3) is 0 Å². The summed E-state index contributed by atoms with van der Waals surface area (Å²) in [6.45, 7) is 3.31. The molecule has 0 amide bonds. The highest BCUT2D eigenvalue weighted by Crippen LogP contribution is 2.37. The van der Waals surface area contributed by atoms with Crippen molar-refractivity contribution < 1.29 is 26.3 Å². The normalized spacial score (nSPS) is 12.3. The number of nitrogens with zero attached hydrogens (tertiary/aromatic N) is 8. The average Bonchev–Trinajstić information content (AvgIpc) is 2.88. The number of hydrogen-bond donors (Lipinski definition) is 1. The molecule has 1 N–H and O–H groups in total. The summed E-state index contributed by atoms with van der Waals surface area (Å²) < 4.78 is 80.6. The smallest absolute Gasteiger partial charge is 0.354 e. The standard InChI is InChI=1S/C24H23F6N9/c1-4-39(10-9-38(2)3)19-11-15(24(28,29)30)20(37-36-19)17-13-33-21-16(7-8-31-22(21)35-17)34-18-6-5-14(12-32-18)23(25,26)27/h5-8,11-13H,4,9-10H2,1-3H3,(H,31,32,34,35). The number of alkyl halides is 6. The Bertz CT molecular complexity index is 1440. The molecule has 0 saturated heterocycles. The van der Waals surface area contributed by atoms with Gasteiger partial charge in [0.15, 0.2) is 11.5 Å². The van der Waals surface area contributed by atoms with Crippen molar-refractivity contribution in [3.8, 4) is 11.4 Å². The van der Waals surface area contributed by atoms with Gasteiger partial charge >= 0.3 is 12.4 Å². The minimum Gasteiger partial charge on any atom is -0.354 e. The Morgan fingerprint density at radius 3 is 2.26 bits per heavy atom. The van der Waals surface area contributed by atoms with E-state index in [9.17, 15) is 26.3 Å². The van der Waals surface area contributed by atoms with Crippen molar-refractivity contribution >= 4 is 28.5 Å². The lowest BCUT2D eigenvalue weighted by Crippen LogP contribution is -2.32. The van der Waals surface area contributed by atoms with Crippen LogP contribution in [0.1, 0.15) is 18.1 Å². The Kier molecular flexibility index (Phi) is 7.81. The van der Waals surface area contributed by atoms with Crippen molar-refractivity contribution in [1.29, 1.82) is 0 Å². The highest BCUT2D eigenvalue weighted by atomic mass is 19.4. The summed E-state index contributed by atoms with van der Waals surface area (Å²) in [5.74, 6) is 0.176. The zero-order valence-corrected chi connectivity index (χ0v) is 21.0. The topological polar surface area (TPSA) is 95.8 Å². The molecule has 0 spiro atoms. The summed E-state index contributed by atoms with van der Waals surface area (Å²) in [6.07, 6.45) is -6.16. The molecule has 4 aromatic heterocycles. The molecule has 4 rings (SSSR count). The number of rotatable bonds is 8. The van der Waals surface area contributed by atoms with Crippen molar-refractivity contribution in [2.45, 2.75) is 19.3 Å². The van der Waals surface area contributed by atoms with Gasteiger partial charge in [-0.3, -0.25) is 0 Å². The van der Waals surface area contributed by atoms with Crippen molar-refractivity contribution in [2.24, 2.45) is 0 Å². The van der Waals surface area contributed by atoms with Gasteiger partial charge < -0.3 is 15.1 Å². The summed E-state index contributed by atoms with van der Waals surface area (Å²) >= 11 is 0. The fourth-order valence-corrected chi connectivity index (χ4v) is 3.61. The lowest BCUT2D eigenvalue weighted by atomic mass is 10.1. The monoisotopic (exact) mass is 551 g/mol. The van der Waals surface area contributed by atoms with Crippen molar-refractivity contribution in [1.82, 2.24) is 35.0 Å². The van der Waals surface area contributed by atoms with Crippen molar-refractivity contribution in [2.75, 3.05) is 43.9 Å². The van der Waals surface area contributed by atoms with Gasteiger partial charge in [-0.25, -0.2) is 19.9 Å². The predicted octanol–water partition coefficient (Wildman–Crippen LogP) is 5.05. The maximum absolute atomic E-state index is 14.1. The summed E-state index contributed by atoms with van der Waals surface area (Å²) in [4.78, 5) is 19.9. The van der Waals surface area contributed by atoms with Crippen LogP contribution in [-0.2, 0) is 12.4 Å². The fourth-order valence-electron chi connectivity index (χ4n) is 3.61. The zero-order chi connectivity index (χ0) is 28.4. The van der Waals surface area contributed by atoms with E-state index in [1.807, 2.05) is 25.9 Å². The average molecular weight is 551 g/mol. The lowest BCUT2D eigenvalue weighted by Gasteiger charge is -2.24. The van der Waals surface area contributed by atoms with E-state index in [4.69, 9.17) is 0 Å². The Balaban J connectivity index is 1.68. The van der Waals surface area contributed by atoms with Gasteiger partial charge in [-0.15, -0.1) is 10.2 Å². The Morgan fingerprint density at radius 1 is 0.872 bits per heavy atom. The second kappa shape index (κ2) is 10.9. The molecular formula is C24H23F6N9. The first-order valence-corrected chi connectivity index (χ1v) is 11.6. The van der Waals surface area contributed by atoms with E-state index in [0.29, 0.717) is 31.5 Å². The first kappa shape index (κ1) is 27.9. The summed E-state index contributed by atoms with van der Waals surface area (Å²) in [5, 5.41) is 10.7. The SMILES string of the molecule is CCN(CCN(C)C)c1cc(C(F)(F)F)c(-c2cnc3c(Nc4ccc(C(F)(F)F)cn4)ccnc3n2)nn1. The van der Waals surface area contributed by atoms with Gasteiger partial charge in [-0.1, -0.05) is 0 Å². The van der Waals surface area contributed by atoms with Crippen LogP contribution in [-0.4, -0.2) is 68.8 Å². The molecule has 0 aliphatic rings. The highest BCUT2D eigenvalue weighted by Gasteiger charge is 2.36. The number of nitrogens with one attached hydrogen (secondary N) is 1. The number of fused-ring (bicyclic) bond motifs is 1. The molecule has 4 heterocycles.